The molecule has 0 saturated carbocycles. The van der Waals surface area contributed by atoms with Crippen LogP contribution in [-0.2, 0) is 4.74 Å². The molecular weight excluding hydrogens is 344 g/mol. The van der Waals surface area contributed by atoms with E-state index in [-0.39, 0.29) is 24.7 Å². The van der Waals surface area contributed by atoms with Crippen LogP contribution >= 0.6 is 11.6 Å². The van der Waals surface area contributed by atoms with Crippen LogP contribution in [0.5, 0.6) is 0 Å². The first-order chi connectivity index (χ1) is 12.1. The zero-order chi connectivity index (χ0) is 17.8. The van der Waals surface area contributed by atoms with E-state index in [0.717, 1.165) is 11.1 Å². The molecule has 8 heteroatoms. The van der Waals surface area contributed by atoms with Crippen molar-refractivity contribution in [3.05, 3.63) is 46.9 Å². The Morgan fingerprint density at radius 2 is 2.32 bits per heavy atom. The highest BCUT2D eigenvalue weighted by atomic mass is 35.5. The number of aromatic nitrogens is 2. The zero-order valence-electron chi connectivity index (χ0n) is 13.7. The first-order valence-corrected chi connectivity index (χ1v) is 8.30. The summed E-state index contributed by atoms with van der Waals surface area (Å²) in [7, 11) is 1.56. The highest BCUT2D eigenvalue weighted by Gasteiger charge is 2.23. The van der Waals surface area contributed by atoms with Crippen LogP contribution in [0.25, 0.3) is 11.3 Å². The van der Waals surface area contributed by atoms with Gasteiger partial charge in [0, 0.05) is 25.4 Å². The van der Waals surface area contributed by atoms with Gasteiger partial charge in [-0.15, -0.1) is 0 Å². The lowest BCUT2D eigenvalue weighted by atomic mass is 10.0. The van der Waals surface area contributed by atoms with E-state index in [1.807, 2.05) is 6.07 Å². The Balaban J connectivity index is 1.88. The van der Waals surface area contributed by atoms with Crippen LogP contribution in [0, 0.1) is 0 Å². The number of nitrogens with one attached hydrogen (secondary N) is 2. The van der Waals surface area contributed by atoms with Crippen molar-refractivity contribution in [2.24, 2.45) is 0 Å². The standard InChI is InChI=1S/C17H19ClN4O3/c1-19-17(24)14-4-10(2-3-20-14)13-5-11(6-16(18)22-13)15-7-21-12(8-23)9-25-15/h2-6,12,15,21,23H,7-9H2,1H3,(H,19,24)/t12-,15-/m0/s1. The van der Waals surface area contributed by atoms with Gasteiger partial charge >= 0.3 is 0 Å². The van der Waals surface area contributed by atoms with E-state index >= 15 is 0 Å². The summed E-state index contributed by atoms with van der Waals surface area (Å²) in [5, 5.41) is 15.3. The Hall–Kier alpha value is -2.06. The minimum atomic E-state index is -0.265. The molecule has 2 aromatic heterocycles. The van der Waals surface area contributed by atoms with E-state index in [1.165, 1.54) is 0 Å². The largest absolute Gasteiger partial charge is 0.395 e. The maximum absolute atomic E-state index is 11.8. The van der Waals surface area contributed by atoms with Crippen LogP contribution in [0.2, 0.25) is 5.15 Å². The van der Waals surface area contributed by atoms with Crippen LogP contribution < -0.4 is 10.6 Å². The summed E-state index contributed by atoms with van der Waals surface area (Å²) in [6, 6.07) is 7.04. The maximum atomic E-state index is 11.8. The summed E-state index contributed by atoms with van der Waals surface area (Å²) in [5.74, 6) is -0.265. The molecule has 0 bridgehead atoms. The number of carbonyl (C=O) groups excluding carboxylic acids is 1. The molecule has 132 valence electrons. The second-order valence-electron chi connectivity index (χ2n) is 5.73. The predicted octanol–water partition coefficient (Wildman–Crippen LogP) is 1.18. The molecule has 1 aliphatic heterocycles. The van der Waals surface area contributed by atoms with Gasteiger partial charge in [-0.25, -0.2) is 4.98 Å². The van der Waals surface area contributed by atoms with Crippen molar-refractivity contribution >= 4 is 17.5 Å². The van der Waals surface area contributed by atoms with Gasteiger partial charge in [0.15, 0.2) is 0 Å². The molecule has 3 heterocycles. The lowest BCUT2D eigenvalue weighted by molar-refractivity contribution is -0.00953. The third-order valence-electron chi connectivity index (χ3n) is 4.01. The van der Waals surface area contributed by atoms with E-state index in [2.05, 4.69) is 20.6 Å². The summed E-state index contributed by atoms with van der Waals surface area (Å²) < 4.78 is 5.81. The number of hydrogen-bond acceptors (Lipinski definition) is 6. The Morgan fingerprint density at radius 1 is 1.48 bits per heavy atom. The molecule has 2 atom stereocenters. The average molecular weight is 363 g/mol. The number of amides is 1. The third-order valence-corrected chi connectivity index (χ3v) is 4.21. The average Bonchev–Trinajstić information content (AvgIpc) is 2.67. The quantitative estimate of drug-likeness (QED) is 0.707. The second-order valence-corrected chi connectivity index (χ2v) is 6.11. The summed E-state index contributed by atoms with van der Waals surface area (Å²) >= 11 is 6.18. The number of nitrogens with zero attached hydrogens (tertiary/aromatic N) is 2. The van der Waals surface area contributed by atoms with Gasteiger partial charge in [0.25, 0.3) is 5.91 Å². The molecule has 0 unspecified atom stereocenters. The van der Waals surface area contributed by atoms with Gasteiger partial charge in [0.2, 0.25) is 0 Å². The lowest BCUT2D eigenvalue weighted by Crippen LogP contribution is -2.44. The zero-order valence-corrected chi connectivity index (χ0v) is 14.5. The van der Waals surface area contributed by atoms with Crippen LogP contribution in [0.4, 0.5) is 0 Å². The number of ether oxygens (including phenoxy) is 1. The smallest absolute Gasteiger partial charge is 0.269 e. The minimum Gasteiger partial charge on any atom is -0.395 e. The van der Waals surface area contributed by atoms with Gasteiger partial charge in [0.05, 0.1) is 31.1 Å². The first kappa shape index (κ1) is 17.8. The Kier molecular flexibility index (Phi) is 5.60. The van der Waals surface area contributed by atoms with Gasteiger partial charge in [-0.1, -0.05) is 11.6 Å². The molecule has 1 amide bonds. The SMILES string of the molecule is CNC(=O)c1cc(-c2cc([C@@H]3CN[C@@H](CO)CO3)cc(Cl)n2)ccn1. The summed E-state index contributed by atoms with van der Waals surface area (Å²) in [6.45, 7) is 1.03. The molecular formula is C17H19ClN4O3. The molecule has 25 heavy (non-hydrogen) atoms. The van der Waals surface area contributed by atoms with Crippen molar-refractivity contribution in [3.8, 4) is 11.3 Å². The molecule has 0 spiro atoms. The van der Waals surface area contributed by atoms with E-state index in [0.29, 0.717) is 29.7 Å². The number of morpholine rings is 1. The number of pyridine rings is 2. The van der Waals surface area contributed by atoms with E-state index in [1.54, 1.807) is 31.4 Å². The normalized spacial score (nSPS) is 20.3. The fraction of sp³-hybridized carbons (Fsp3) is 0.353. The molecule has 0 radical (unpaired) electrons. The van der Waals surface area contributed by atoms with E-state index in [4.69, 9.17) is 21.4 Å². The fourth-order valence-electron chi connectivity index (χ4n) is 2.65. The monoisotopic (exact) mass is 362 g/mol. The predicted molar refractivity (Wildman–Crippen MR) is 93.4 cm³/mol. The van der Waals surface area contributed by atoms with Crippen molar-refractivity contribution in [2.45, 2.75) is 12.1 Å². The first-order valence-electron chi connectivity index (χ1n) is 7.92. The number of rotatable bonds is 4. The summed E-state index contributed by atoms with van der Waals surface area (Å²) in [6.07, 6.45) is 1.38. The topological polar surface area (TPSA) is 96.4 Å². The number of aliphatic hydroxyl groups excluding tert-OH is 1. The fourth-order valence-corrected chi connectivity index (χ4v) is 2.86. The highest BCUT2D eigenvalue weighted by Crippen LogP contribution is 2.27. The molecule has 0 aliphatic carbocycles. The summed E-state index contributed by atoms with van der Waals surface area (Å²) in [4.78, 5) is 20.2. The third kappa shape index (κ3) is 4.13. The lowest BCUT2D eigenvalue weighted by Gasteiger charge is -2.29. The van der Waals surface area contributed by atoms with Gasteiger partial charge < -0.3 is 20.5 Å². The molecule has 7 nitrogen and oxygen atoms in total. The van der Waals surface area contributed by atoms with Crippen molar-refractivity contribution < 1.29 is 14.6 Å². The molecule has 2 aromatic rings. The van der Waals surface area contributed by atoms with E-state index in [9.17, 15) is 4.79 Å². The van der Waals surface area contributed by atoms with Gasteiger partial charge in [-0.05, 0) is 29.8 Å². The molecule has 3 rings (SSSR count). The van der Waals surface area contributed by atoms with Crippen LogP contribution in [0.15, 0.2) is 30.5 Å². The maximum Gasteiger partial charge on any atom is 0.269 e. The van der Waals surface area contributed by atoms with Gasteiger partial charge in [-0.2, -0.15) is 0 Å². The minimum absolute atomic E-state index is 0.0361. The van der Waals surface area contributed by atoms with Crippen LogP contribution in [0.1, 0.15) is 22.2 Å². The number of halogens is 1. The molecule has 1 fully saturated rings. The second kappa shape index (κ2) is 7.88. The van der Waals surface area contributed by atoms with Crippen molar-refractivity contribution in [1.82, 2.24) is 20.6 Å². The van der Waals surface area contributed by atoms with E-state index < -0.39 is 0 Å². The molecule has 1 saturated heterocycles. The Bertz CT molecular complexity index is 763. The van der Waals surface area contributed by atoms with Gasteiger partial charge in [0.1, 0.15) is 10.8 Å². The van der Waals surface area contributed by atoms with Crippen LogP contribution in [-0.4, -0.2) is 53.8 Å². The van der Waals surface area contributed by atoms with Crippen molar-refractivity contribution in [3.63, 3.8) is 0 Å². The Morgan fingerprint density at radius 3 is 3.00 bits per heavy atom. The molecule has 1 aliphatic rings. The summed E-state index contributed by atoms with van der Waals surface area (Å²) in [5.41, 5.74) is 2.58. The van der Waals surface area contributed by atoms with Crippen molar-refractivity contribution in [2.75, 3.05) is 26.8 Å². The Labute approximate surface area is 150 Å². The van der Waals surface area contributed by atoms with Gasteiger partial charge in [-0.3, -0.25) is 9.78 Å². The molecule has 3 N–H and O–H groups in total. The highest BCUT2D eigenvalue weighted by molar-refractivity contribution is 6.29. The van der Waals surface area contributed by atoms with Crippen LogP contribution in [0.3, 0.4) is 0 Å². The molecule has 0 aromatic carbocycles. The van der Waals surface area contributed by atoms with Crippen molar-refractivity contribution in [1.29, 1.82) is 0 Å². The number of hydrogen-bond donors (Lipinski definition) is 3. The number of aliphatic hydroxyl groups is 1. The number of carbonyl (C=O) groups is 1.